The summed E-state index contributed by atoms with van der Waals surface area (Å²) in [7, 11) is 0. The summed E-state index contributed by atoms with van der Waals surface area (Å²) in [6.07, 6.45) is 31.2. The Kier molecular flexibility index (Phi) is 19.2. The second-order valence-electron chi connectivity index (χ2n) is 9.49. The third kappa shape index (κ3) is 17.8. The Morgan fingerprint density at radius 1 is 0.500 bits per heavy atom. The van der Waals surface area contributed by atoms with E-state index in [9.17, 15) is 5.11 Å². The van der Waals surface area contributed by atoms with Crippen molar-refractivity contribution < 1.29 is 5.11 Å². The van der Waals surface area contributed by atoms with Crippen molar-refractivity contribution >= 4 is 0 Å². The summed E-state index contributed by atoms with van der Waals surface area (Å²) >= 11 is 0. The minimum atomic E-state index is 0.399. The lowest BCUT2D eigenvalue weighted by Crippen LogP contribution is -1.86. The van der Waals surface area contributed by atoms with Crippen molar-refractivity contribution in [3.63, 3.8) is 0 Å². The number of unbranched alkanes of at least 4 members (excludes halogenated alkanes) is 20. The first kappa shape index (κ1) is 27.1. The van der Waals surface area contributed by atoms with Gasteiger partial charge in [-0.15, -0.1) is 0 Å². The molecule has 0 aliphatic carbocycles. The zero-order valence-electron chi connectivity index (χ0n) is 20.3. The van der Waals surface area contributed by atoms with Gasteiger partial charge in [-0.25, -0.2) is 0 Å². The molecular weight excluding hydrogens is 364 g/mol. The van der Waals surface area contributed by atoms with E-state index >= 15 is 0 Å². The molecule has 1 N–H and O–H groups in total. The third-order valence-electron chi connectivity index (χ3n) is 6.48. The number of rotatable bonds is 22. The third-order valence-corrected chi connectivity index (χ3v) is 6.48. The Morgan fingerprint density at radius 2 is 0.867 bits per heavy atom. The van der Waals surface area contributed by atoms with Gasteiger partial charge >= 0.3 is 0 Å². The maximum Gasteiger partial charge on any atom is 0.115 e. The molecule has 0 spiro atoms. The van der Waals surface area contributed by atoms with Gasteiger partial charge in [0.2, 0.25) is 0 Å². The maximum absolute atomic E-state index is 9.48. The topological polar surface area (TPSA) is 20.2 Å². The number of aromatic hydroxyl groups is 1. The number of phenols is 1. The molecule has 174 valence electrons. The fourth-order valence-corrected chi connectivity index (χ4v) is 4.47. The molecule has 0 heterocycles. The van der Waals surface area contributed by atoms with Gasteiger partial charge in [-0.2, -0.15) is 0 Å². The first-order valence-corrected chi connectivity index (χ1v) is 13.6. The summed E-state index contributed by atoms with van der Waals surface area (Å²) in [6.45, 7) is 2.30. The van der Waals surface area contributed by atoms with Crippen molar-refractivity contribution in [1.82, 2.24) is 0 Å². The number of aryl methyl sites for hydroxylation is 1. The Balaban J connectivity index is 1.69. The predicted molar refractivity (Wildman–Crippen MR) is 134 cm³/mol. The summed E-state index contributed by atoms with van der Waals surface area (Å²) in [5.74, 6) is 0.399. The van der Waals surface area contributed by atoms with Gasteiger partial charge in [0.05, 0.1) is 0 Å². The standard InChI is InChI=1S/C29H52O/c1-2-3-4-5-6-7-8-9-10-11-12-13-14-15-16-17-18-19-20-21-22-24-28-25-23-26-29(30)27-28/h23,25-27,30H,2-22,24H2,1H3. The first-order chi connectivity index (χ1) is 14.8. The average molecular weight is 417 g/mol. The molecule has 0 unspecified atom stereocenters. The maximum atomic E-state index is 9.48. The van der Waals surface area contributed by atoms with Gasteiger partial charge in [0.15, 0.2) is 0 Å². The zero-order chi connectivity index (χ0) is 21.5. The smallest absolute Gasteiger partial charge is 0.115 e. The van der Waals surface area contributed by atoms with E-state index < -0.39 is 0 Å². The van der Waals surface area contributed by atoms with Gasteiger partial charge in [0, 0.05) is 0 Å². The monoisotopic (exact) mass is 416 g/mol. The van der Waals surface area contributed by atoms with Gasteiger partial charge in [-0.1, -0.05) is 147 Å². The minimum absolute atomic E-state index is 0.399. The average Bonchev–Trinajstić information content (AvgIpc) is 2.75. The molecule has 0 atom stereocenters. The van der Waals surface area contributed by atoms with Crippen LogP contribution in [0.2, 0.25) is 0 Å². The lowest BCUT2D eigenvalue weighted by atomic mass is 10.0. The van der Waals surface area contributed by atoms with E-state index in [-0.39, 0.29) is 0 Å². The Hall–Kier alpha value is -0.980. The van der Waals surface area contributed by atoms with Crippen molar-refractivity contribution in [2.45, 2.75) is 148 Å². The molecule has 0 fully saturated rings. The van der Waals surface area contributed by atoms with Crippen LogP contribution >= 0.6 is 0 Å². The SMILES string of the molecule is CCCCCCCCCCCCCCCCCCCCCCCc1cccc(O)c1. The largest absolute Gasteiger partial charge is 0.508 e. The van der Waals surface area contributed by atoms with Crippen molar-refractivity contribution in [3.05, 3.63) is 29.8 Å². The van der Waals surface area contributed by atoms with E-state index in [1.54, 1.807) is 6.07 Å². The van der Waals surface area contributed by atoms with Gasteiger partial charge in [-0.3, -0.25) is 0 Å². The van der Waals surface area contributed by atoms with Crippen molar-refractivity contribution in [1.29, 1.82) is 0 Å². The van der Waals surface area contributed by atoms with Crippen LogP contribution in [0.4, 0.5) is 0 Å². The molecule has 1 aromatic rings. The van der Waals surface area contributed by atoms with E-state index in [2.05, 4.69) is 13.0 Å². The van der Waals surface area contributed by atoms with Crippen LogP contribution in [0, 0.1) is 0 Å². The molecule has 0 aliphatic rings. The Bertz CT molecular complexity index is 467. The highest BCUT2D eigenvalue weighted by Gasteiger charge is 1.97. The lowest BCUT2D eigenvalue weighted by Gasteiger charge is -2.04. The van der Waals surface area contributed by atoms with Crippen molar-refractivity contribution in [2.75, 3.05) is 0 Å². The van der Waals surface area contributed by atoms with Gasteiger partial charge in [-0.05, 0) is 30.5 Å². The minimum Gasteiger partial charge on any atom is -0.508 e. The fourth-order valence-electron chi connectivity index (χ4n) is 4.47. The highest BCUT2D eigenvalue weighted by atomic mass is 16.3. The molecule has 0 saturated heterocycles. The van der Waals surface area contributed by atoms with E-state index in [0.29, 0.717) is 5.75 Å². The highest BCUT2D eigenvalue weighted by Crippen LogP contribution is 2.16. The van der Waals surface area contributed by atoms with Crippen LogP contribution in [0.1, 0.15) is 147 Å². The quantitative estimate of drug-likeness (QED) is 0.186. The summed E-state index contributed by atoms with van der Waals surface area (Å²) < 4.78 is 0. The zero-order valence-corrected chi connectivity index (χ0v) is 20.3. The molecule has 1 heteroatoms. The summed E-state index contributed by atoms with van der Waals surface area (Å²) in [5.41, 5.74) is 1.27. The van der Waals surface area contributed by atoms with Crippen LogP contribution in [0.5, 0.6) is 5.75 Å². The van der Waals surface area contributed by atoms with E-state index in [1.165, 1.54) is 140 Å². The van der Waals surface area contributed by atoms with Gasteiger partial charge in [0.1, 0.15) is 5.75 Å². The molecule has 0 amide bonds. The Morgan fingerprint density at radius 3 is 1.23 bits per heavy atom. The van der Waals surface area contributed by atoms with Crippen molar-refractivity contribution in [2.24, 2.45) is 0 Å². The first-order valence-electron chi connectivity index (χ1n) is 13.6. The molecule has 30 heavy (non-hydrogen) atoms. The van der Waals surface area contributed by atoms with Crippen molar-refractivity contribution in [3.8, 4) is 5.75 Å². The summed E-state index contributed by atoms with van der Waals surface area (Å²) in [5, 5.41) is 9.48. The summed E-state index contributed by atoms with van der Waals surface area (Å²) in [6, 6.07) is 7.72. The van der Waals surface area contributed by atoms with E-state index in [4.69, 9.17) is 0 Å². The second kappa shape index (κ2) is 21.3. The molecule has 1 aromatic carbocycles. The van der Waals surface area contributed by atoms with E-state index in [1.807, 2.05) is 12.1 Å². The predicted octanol–water partition coefficient (Wildman–Crippen LogP) is 10.1. The number of hydrogen-bond acceptors (Lipinski definition) is 1. The van der Waals surface area contributed by atoms with Crippen LogP contribution in [-0.4, -0.2) is 5.11 Å². The number of phenolic OH excluding ortho intramolecular Hbond substituents is 1. The van der Waals surface area contributed by atoms with E-state index in [0.717, 1.165) is 6.42 Å². The molecule has 0 saturated carbocycles. The fraction of sp³-hybridized carbons (Fsp3) is 0.793. The second-order valence-corrected chi connectivity index (χ2v) is 9.49. The highest BCUT2D eigenvalue weighted by molar-refractivity contribution is 5.27. The normalized spacial score (nSPS) is 11.2. The van der Waals surface area contributed by atoms with Gasteiger partial charge in [0.25, 0.3) is 0 Å². The molecule has 0 aromatic heterocycles. The Labute approximate surface area is 189 Å². The van der Waals surface area contributed by atoms with Crippen LogP contribution in [0.15, 0.2) is 24.3 Å². The summed E-state index contributed by atoms with van der Waals surface area (Å²) in [4.78, 5) is 0. The van der Waals surface area contributed by atoms with Crippen LogP contribution < -0.4 is 0 Å². The van der Waals surface area contributed by atoms with Crippen LogP contribution in [-0.2, 0) is 6.42 Å². The molecule has 1 nitrogen and oxygen atoms in total. The molecular formula is C29H52O. The van der Waals surface area contributed by atoms with Crippen LogP contribution in [0.25, 0.3) is 0 Å². The van der Waals surface area contributed by atoms with Gasteiger partial charge < -0.3 is 5.11 Å². The van der Waals surface area contributed by atoms with Crippen LogP contribution in [0.3, 0.4) is 0 Å². The number of hydrogen-bond donors (Lipinski definition) is 1. The lowest BCUT2D eigenvalue weighted by molar-refractivity contribution is 0.474. The molecule has 1 rings (SSSR count). The molecule has 0 radical (unpaired) electrons. The molecule has 0 aliphatic heterocycles. The molecule has 0 bridgehead atoms. The number of benzene rings is 1.